The number of nitrogens with zero attached hydrogens (tertiary/aromatic N) is 1. The smallest absolute Gasteiger partial charge is 0.250 e. The molecule has 2 amide bonds. The topological polar surface area (TPSA) is 49.4 Å². The van der Waals surface area contributed by atoms with Gasteiger partial charge in [0.1, 0.15) is 5.54 Å². The Hall–Kier alpha value is -2.14. The van der Waals surface area contributed by atoms with E-state index in [1.165, 1.54) is 0 Å². The Morgan fingerprint density at radius 1 is 1.24 bits per heavy atom. The first-order valence-electron chi connectivity index (χ1n) is 6.78. The van der Waals surface area contributed by atoms with E-state index in [2.05, 4.69) is 5.32 Å². The maximum atomic E-state index is 12.5. The molecule has 0 spiro atoms. The molecule has 108 valence electrons. The van der Waals surface area contributed by atoms with Crippen molar-refractivity contribution in [3.8, 4) is 0 Å². The molecule has 4 nitrogen and oxygen atoms in total. The molecule has 2 aromatic rings. The van der Waals surface area contributed by atoms with E-state index in [1.54, 1.807) is 23.2 Å². The molecule has 5 heteroatoms. The summed E-state index contributed by atoms with van der Waals surface area (Å²) in [5.74, 6) is -0.198. The number of amides is 2. The van der Waals surface area contributed by atoms with Crippen molar-refractivity contribution in [3.05, 3.63) is 58.3 Å². The van der Waals surface area contributed by atoms with Crippen molar-refractivity contribution in [2.24, 2.45) is 0 Å². The van der Waals surface area contributed by atoms with E-state index in [0.717, 1.165) is 11.1 Å². The van der Waals surface area contributed by atoms with Crippen LogP contribution in [0.3, 0.4) is 0 Å². The van der Waals surface area contributed by atoms with Gasteiger partial charge in [0.2, 0.25) is 5.91 Å². The molecule has 1 saturated heterocycles. The summed E-state index contributed by atoms with van der Waals surface area (Å²) in [5.41, 5.74) is 0.898. The molecule has 0 bridgehead atoms. The second-order valence-corrected chi connectivity index (χ2v) is 6.01. The van der Waals surface area contributed by atoms with Gasteiger partial charge in [-0.1, -0.05) is 30.3 Å². The van der Waals surface area contributed by atoms with Gasteiger partial charge in [-0.25, -0.2) is 0 Å². The van der Waals surface area contributed by atoms with E-state index in [4.69, 9.17) is 0 Å². The van der Waals surface area contributed by atoms with Gasteiger partial charge in [0, 0.05) is 6.54 Å². The van der Waals surface area contributed by atoms with Gasteiger partial charge in [-0.15, -0.1) is 0 Å². The predicted molar refractivity (Wildman–Crippen MR) is 81.7 cm³/mol. The second-order valence-electron chi connectivity index (χ2n) is 5.23. The number of hydrogen-bond donors (Lipinski definition) is 1. The van der Waals surface area contributed by atoms with E-state index in [1.807, 2.05) is 47.2 Å². The lowest BCUT2D eigenvalue weighted by atomic mass is 9.87. The highest BCUT2D eigenvalue weighted by Crippen LogP contribution is 2.32. The molecule has 1 unspecified atom stereocenters. The van der Waals surface area contributed by atoms with Gasteiger partial charge in [0.05, 0.1) is 6.54 Å². The van der Waals surface area contributed by atoms with Gasteiger partial charge in [0.15, 0.2) is 0 Å². The van der Waals surface area contributed by atoms with Crippen molar-refractivity contribution < 1.29 is 9.59 Å². The summed E-state index contributed by atoms with van der Waals surface area (Å²) < 4.78 is 0. The molecule has 0 saturated carbocycles. The van der Waals surface area contributed by atoms with Gasteiger partial charge in [-0.2, -0.15) is 11.3 Å². The van der Waals surface area contributed by atoms with Crippen molar-refractivity contribution in [3.63, 3.8) is 0 Å². The monoisotopic (exact) mass is 300 g/mol. The Labute approximate surface area is 127 Å². The molecule has 1 atom stereocenters. The lowest BCUT2D eigenvalue weighted by Gasteiger charge is -2.43. The van der Waals surface area contributed by atoms with E-state index < -0.39 is 5.54 Å². The maximum Gasteiger partial charge on any atom is 0.250 e. The number of nitrogens with one attached hydrogen (secondary N) is 1. The van der Waals surface area contributed by atoms with Crippen LogP contribution >= 0.6 is 11.3 Å². The highest BCUT2D eigenvalue weighted by Gasteiger charge is 2.46. The highest BCUT2D eigenvalue weighted by molar-refractivity contribution is 7.07. The summed E-state index contributed by atoms with van der Waals surface area (Å²) in [6.45, 7) is 2.31. The zero-order chi connectivity index (χ0) is 14.9. The van der Waals surface area contributed by atoms with Crippen LogP contribution in [0, 0.1) is 0 Å². The quantitative estimate of drug-likeness (QED) is 0.944. The van der Waals surface area contributed by atoms with Crippen molar-refractivity contribution in [1.29, 1.82) is 0 Å². The zero-order valence-electron chi connectivity index (χ0n) is 11.7. The molecule has 21 heavy (non-hydrogen) atoms. The van der Waals surface area contributed by atoms with Crippen LogP contribution in [0.2, 0.25) is 0 Å². The van der Waals surface area contributed by atoms with E-state index in [-0.39, 0.29) is 18.4 Å². The molecule has 1 aromatic heterocycles. The molecular weight excluding hydrogens is 284 g/mol. The van der Waals surface area contributed by atoms with Crippen LogP contribution in [0.5, 0.6) is 0 Å². The van der Waals surface area contributed by atoms with Crippen LogP contribution in [0.15, 0.2) is 47.2 Å². The Bertz CT molecular complexity index is 654. The average Bonchev–Trinajstić information content (AvgIpc) is 3.02. The van der Waals surface area contributed by atoms with Gasteiger partial charge in [0.25, 0.3) is 5.91 Å². The first-order chi connectivity index (χ1) is 10.1. The summed E-state index contributed by atoms with van der Waals surface area (Å²) in [6, 6.07) is 11.4. The van der Waals surface area contributed by atoms with Gasteiger partial charge in [-0.3, -0.25) is 9.59 Å². The minimum absolute atomic E-state index is 0.0609. The number of hydrogen-bond acceptors (Lipinski definition) is 3. The first-order valence-corrected chi connectivity index (χ1v) is 7.72. The van der Waals surface area contributed by atoms with Crippen LogP contribution < -0.4 is 5.32 Å². The van der Waals surface area contributed by atoms with Gasteiger partial charge in [-0.05, 0) is 34.9 Å². The third-order valence-electron chi connectivity index (χ3n) is 3.94. The van der Waals surface area contributed by atoms with Crippen LogP contribution in [0.4, 0.5) is 0 Å². The van der Waals surface area contributed by atoms with E-state index >= 15 is 0 Å². The molecular formula is C16H16N2O2S. The number of piperazine rings is 1. The molecule has 2 heterocycles. The highest BCUT2D eigenvalue weighted by atomic mass is 32.1. The maximum absolute atomic E-state index is 12.5. The third kappa shape index (κ3) is 2.34. The zero-order valence-corrected chi connectivity index (χ0v) is 12.5. The van der Waals surface area contributed by atoms with Crippen LogP contribution in [-0.2, 0) is 21.7 Å². The van der Waals surface area contributed by atoms with Crippen molar-refractivity contribution >= 4 is 23.2 Å². The van der Waals surface area contributed by atoms with Crippen LogP contribution in [-0.4, -0.2) is 23.3 Å². The molecule has 1 aliphatic heterocycles. The Balaban J connectivity index is 2.03. The number of carbonyl (C=O) groups is 2. The molecule has 1 aromatic carbocycles. The van der Waals surface area contributed by atoms with Crippen LogP contribution in [0.25, 0.3) is 0 Å². The Morgan fingerprint density at radius 3 is 2.67 bits per heavy atom. The largest absolute Gasteiger partial charge is 0.345 e. The molecule has 3 rings (SSSR count). The fourth-order valence-electron chi connectivity index (χ4n) is 2.66. The van der Waals surface area contributed by atoms with Crippen molar-refractivity contribution in [1.82, 2.24) is 10.2 Å². The van der Waals surface area contributed by atoms with Crippen molar-refractivity contribution in [2.75, 3.05) is 6.54 Å². The molecule has 1 aliphatic rings. The Morgan fingerprint density at radius 2 is 2.00 bits per heavy atom. The summed E-state index contributed by atoms with van der Waals surface area (Å²) in [6.07, 6.45) is 0. The third-order valence-corrected chi connectivity index (χ3v) is 4.67. The minimum atomic E-state index is -0.974. The number of benzene rings is 1. The SMILES string of the molecule is CC1(c2ccccc2)C(=O)NCC(=O)N1Cc1ccsc1. The number of thiophene rings is 1. The minimum Gasteiger partial charge on any atom is -0.345 e. The fourth-order valence-corrected chi connectivity index (χ4v) is 3.32. The van der Waals surface area contributed by atoms with Gasteiger partial charge < -0.3 is 10.2 Å². The van der Waals surface area contributed by atoms with E-state index in [0.29, 0.717) is 6.54 Å². The predicted octanol–water partition coefficient (Wildman–Crippen LogP) is 2.12. The molecule has 0 aliphatic carbocycles. The lowest BCUT2D eigenvalue weighted by Crippen LogP contribution is -2.63. The van der Waals surface area contributed by atoms with E-state index in [9.17, 15) is 9.59 Å². The summed E-state index contributed by atoms with van der Waals surface area (Å²) in [4.78, 5) is 26.5. The molecule has 1 fully saturated rings. The van der Waals surface area contributed by atoms with Gasteiger partial charge >= 0.3 is 0 Å². The molecule has 1 N–H and O–H groups in total. The Kier molecular flexibility index (Phi) is 3.51. The average molecular weight is 300 g/mol. The number of rotatable bonds is 3. The normalized spacial score (nSPS) is 22.2. The molecule has 0 radical (unpaired) electrons. The number of carbonyl (C=O) groups excluding carboxylic acids is 2. The standard InChI is InChI=1S/C16H16N2O2S/c1-16(13-5-3-2-4-6-13)15(20)17-9-14(19)18(16)10-12-7-8-21-11-12/h2-8,11H,9-10H2,1H3,(H,17,20). The first kappa shape index (κ1) is 13.8. The summed E-state index contributed by atoms with van der Waals surface area (Å²) in [7, 11) is 0. The van der Waals surface area contributed by atoms with Crippen molar-refractivity contribution in [2.45, 2.75) is 19.0 Å². The summed E-state index contributed by atoms with van der Waals surface area (Å²) in [5, 5.41) is 6.68. The fraction of sp³-hybridized carbons (Fsp3) is 0.250. The van der Waals surface area contributed by atoms with Crippen LogP contribution in [0.1, 0.15) is 18.1 Å². The second kappa shape index (κ2) is 5.33. The summed E-state index contributed by atoms with van der Waals surface area (Å²) >= 11 is 1.59. The lowest BCUT2D eigenvalue weighted by molar-refractivity contribution is -0.154.